The average molecular weight is 391 g/mol. The van der Waals surface area contributed by atoms with Crippen LogP contribution in [0.4, 0.5) is 0 Å². The first-order valence-corrected chi connectivity index (χ1v) is 9.29. The molecule has 6 heteroatoms. The maximum Gasteiger partial charge on any atom is 0.306 e. The Morgan fingerprint density at radius 3 is 2.24 bits per heavy atom. The molecule has 0 atom stereocenters. The van der Waals surface area contributed by atoms with Crippen LogP contribution in [0.15, 0.2) is 54.6 Å². The Morgan fingerprint density at radius 1 is 0.966 bits per heavy atom. The lowest BCUT2D eigenvalue weighted by Crippen LogP contribution is -2.25. The van der Waals surface area contributed by atoms with E-state index in [1.54, 1.807) is 49.4 Å². The van der Waals surface area contributed by atoms with Gasteiger partial charge in [0.2, 0.25) is 5.91 Å². The van der Waals surface area contributed by atoms with Gasteiger partial charge in [-0.3, -0.25) is 19.2 Å². The third kappa shape index (κ3) is 4.48. The fourth-order valence-electron chi connectivity index (χ4n) is 3.06. The summed E-state index contributed by atoms with van der Waals surface area (Å²) in [5.74, 6) is -1.04. The van der Waals surface area contributed by atoms with Crippen molar-refractivity contribution in [3.63, 3.8) is 0 Å². The van der Waals surface area contributed by atoms with Crippen molar-refractivity contribution in [1.29, 1.82) is 0 Å². The predicted octanol–water partition coefficient (Wildman–Crippen LogP) is 2.98. The lowest BCUT2D eigenvalue weighted by molar-refractivity contribution is -0.145. The summed E-state index contributed by atoms with van der Waals surface area (Å²) in [5, 5.41) is 2.65. The van der Waals surface area contributed by atoms with Crippen LogP contribution in [0.2, 0.25) is 0 Å². The van der Waals surface area contributed by atoms with Crippen molar-refractivity contribution in [2.75, 3.05) is 6.54 Å². The van der Waals surface area contributed by atoms with Crippen LogP contribution in [0.3, 0.4) is 0 Å². The van der Waals surface area contributed by atoms with Crippen LogP contribution in [-0.4, -0.2) is 30.0 Å². The summed E-state index contributed by atoms with van der Waals surface area (Å²) in [6.07, 6.45) is 0.609. The van der Waals surface area contributed by atoms with Crippen LogP contribution < -0.4 is 5.32 Å². The van der Waals surface area contributed by atoms with E-state index in [9.17, 15) is 19.2 Å². The number of rotatable bonds is 7. The number of esters is 1. The van der Waals surface area contributed by atoms with E-state index in [-0.39, 0.29) is 30.5 Å². The Morgan fingerprint density at radius 2 is 1.59 bits per heavy atom. The number of hydrogen-bond acceptors (Lipinski definition) is 5. The Balaban J connectivity index is 1.58. The zero-order valence-electron chi connectivity index (χ0n) is 16.1. The van der Waals surface area contributed by atoms with Crippen molar-refractivity contribution in [3.8, 4) is 0 Å². The van der Waals surface area contributed by atoms with Crippen LogP contribution in [0.25, 0.3) is 0 Å². The second-order valence-electron chi connectivity index (χ2n) is 6.88. The number of benzene rings is 2. The van der Waals surface area contributed by atoms with Gasteiger partial charge in [-0.15, -0.1) is 0 Å². The molecule has 0 aliphatic heterocycles. The molecular weight excluding hydrogens is 370 g/mol. The van der Waals surface area contributed by atoms with Gasteiger partial charge in [0.1, 0.15) is 6.61 Å². The molecule has 1 aliphatic carbocycles. The van der Waals surface area contributed by atoms with Gasteiger partial charge in [-0.25, -0.2) is 0 Å². The van der Waals surface area contributed by atoms with Gasteiger partial charge in [0.15, 0.2) is 11.6 Å². The van der Waals surface area contributed by atoms with Gasteiger partial charge in [0.05, 0.1) is 0 Å². The zero-order valence-corrected chi connectivity index (χ0v) is 16.1. The van der Waals surface area contributed by atoms with Crippen LogP contribution in [0.1, 0.15) is 57.2 Å². The van der Waals surface area contributed by atoms with Gasteiger partial charge in [-0.1, -0.05) is 36.9 Å². The number of carbonyl (C=O) groups excluding carboxylic acids is 4. The maximum absolute atomic E-state index is 12.7. The third-order valence-electron chi connectivity index (χ3n) is 4.62. The molecule has 0 bridgehead atoms. The molecule has 29 heavy (non-hydrogen) atoms. The third-order valence-corrected chi connectivity index (χ3v) is 4.62. The standard InChI is InChI=1S/C23H21NO5/c1-14(2)23(28)24-11-5-8-20(25)29-13-15-9-10-18-19(12-15)22(27)17-7-4-3-6-16(17)21(18)26/h3-4,6-7,9-10,12H,1,5,8,11,13H2,2H3,(H,24,28). The van der Waals surface area contributed by atoms with E-state index in [4.69, 9.17) is 4.74 Å². The van der Waals surface area contributed by atoms with E-state index < -0.39 is 5.97 Å². The topological polar surface area (TPSA) is 89.5 Å². The molecule has 0 heterocycles. The fraction of sp³-hybridized carbons (Fsp3) is 0.217. The Hall–Kier alpha value is -3.54. The smallest absolute Gasteiger partial charge is 0.306 e. The summed E-state index contributed by atoms with van der Waals surface area (Å²) < 4.78 is 5.24. The van der Waals surface area contributed by atoms with E-state index in [1.165, 1.54) is 0 Å². The molecule has 0 fully saturated rings. The molecular formula is C23H21NO5. The van der Waals surface area contributed by atoms with E-state index in [2.05, 4.69) is 11.9 Å². The van der Waals surface area contributed by atoms with Crippen molar-refractivity contribution < 1.29 is 23.9 Å². The minimum absolute atomic E-state index is 0.00730. The lowest BCUT2D eigenvalue weighted by atomic mass is 9.83. The number of ketones is 2. The monoisotopic (exact) mass is 391 g/mol. The van der Waals surface area contributed by atoms with Crippen molar-refractivity contribution in [2.24, 2.45) is 0 Å². The second-order valence-corrected chi connectivity index (χ2v) is 6.88. The highest BCUT2D eigenvalue weighted by atomic mass is 16.5. The number of fused-ring (bicyclic) bond motifs is 2. The number of nitrogens with one attached hydrogen (secondary N) is 1. The van der Waals surface area contributed by atoms with Crippen LogP contribution in [-0.2, 0) is 20.9 Å². The predicted molar refractivity (Wildman–Crippen MR) is 107 cm³/mol. The summed E-state index contributed by atoms with van der Waals surface area (Å²) >= 11 is 0. The number of amides is 1. The number of hydrogen-bond donors (Lipinski definition) is 1. The molecule has 148 valence electrons. The molecule has 0 saturated carbocycles. The van der Waals surface area contributed by atoms with Gasteiger partial charge < -0.3 is 10.1 Å². The minimum Gasteiger partial charge on any atom is -0.461 e. The Bertz CT molecular complexity index is 1020. The number of carbonyl (C=O) groups is 4. The summed E-state index contributed by atoms with van der Waals surface area (Å²) in [4.78, 5) is 48.6. The first-order chi connectivity index (χ1) is 13.9. The molecule has 1 N–H and O–H groups in total. The second kappa shape index (κ2) is 8.65. The van der Waals surface area contributed by atoms with Crippen LogP contribution >= 0.6 is 0 Å². The fourth-order valence-corrected chi connectivity index (χ4v) is 3.06. The molecule has 0 saturated heterocycles. The summed E-state index contributed by atoms with van der Waals surface area (Å²) in [7, 11) is 0. The highest BCUT2D eigenvalue weighted by molar-refractivity contribution is 6.28. The van der Waals surface area contributed by atoms with Crippen LogP contribution in [0.5, 0.6) is 0 Å². The van der Waals surface area contributed by atoms with Crippen LogP contribution in [0, 0.1) is 0 Å². The molecule has 0 spiro atoms. The first-order valence-electron chi connectivity index (χ1n) is 9.29. The SMILES string of the molecule is C=C(C)C(=O)NCCCC(=O)OCc1ccc2c(c1)C(=O)c1ccccc1C2=O. The van der Waals surface area contributed by atoms with Crippen molar-refractivity contribution >= 4 is 23.4 Å². The van der Waals surface area contributed by atoms with E-state index in [0.29, 0.717) is 46.4 Å². The highest BCUT2D eigenvalue weighted by Crippen LogP contribution is 2.28. The van der Waals surface area contributed by atoms with Gasteiger partial charge in [0, 0.05) is 40.8 Å². The Labute approximate surface area is 168 Å². The van der Waals surface area contributed by atoms with Gasteiger partial charge in [-0.2, -0.15) is 0 Å². The van der Waals surface area contributed by atoms with Crippen molar-refractivity contribution in [3.05, 3.63) is 82.4 Å². The molecule has 0 aromatic heterocycles. The quantitative estimate of drug-likeness (QED) is 0.380. The average Bonchev–Trinajstić information content (AvgIpc) is 2.73. The van der Waals surface area contributed by atoms with E-state index in [0.717, 1.165) is 0 Å². The van der Waals surface area contributed by atoms with Gasteiger partial charge >= 0.3 is 5.97 Å². The van der Waals surface area contributed by atoms with Gasteiger partial charge in [-0.05, 0) is 31.0 Å². The summed E-state index contributed by atoms with van der Waals surface area (Å²) in [6.45, 7) is 5.51. The maximum atomic E-state index is 12.7. The number of ether oxygens (including phenoxy) is 1. The minimum atomic E-state index is -0.403. The lowest BCUT2D eigenvalue weighted by Gasteiger charge is -2.18. The molecule has 2 aromatic carbocycles. The van der Waals surface area contributed by atoms with E-state index in [1.807, 2.05) is 0 Å². The molecule has 1 aliphatic rings. The van der Waals surface area contributed by atoms with Crippen molar-refractivity contribution in [2.45, 2.75) is 26.4 Å². The molecule has 6 nitrogen and oxygen atoms in total. The van der Waals surface area contributed by atoms with E-state index >= 15 is 0 Å². The zero-order chi connectivity index (χ0) is 21.0. The molecule has 1 amide bonds. The molecule has 2 aromatic rings. The van der Waals surface area contributed by atoms with Gasteiger partial charge in [0.25, 0.3) is 0 Å². The first kappa shape index (κ1) is 20.2. The largest absolute Gasteiger partial charge is 0.461 e. The summed E-state index contributed by atoms with van der Waals surface area (Å²) in [6, 6.07) is 11.6. The molecule has 0 unspecified atom stereocenters. The summed E-state index contributed by atoms with van der Waals surface area (Å²) in [5.41, 5.74) is 2.52. The molecule has 3 rings (SSSR count). The normalized spacial score (nSPS) is 12.0. The van der Waals surface area contributed by atoms with Crippen molar-refractivity contribution in [1.82, 2.24) is 5.32 Å². The Kier molecular flexibility index (Phi) is 6.02. The molecule has 0 radical (unpaired) electrons. The highest BCUT2D eigenvalue weighted by Gasteiger charge is 2.29.